The van der Waals surface area contributed by atoms with E-state index in [-0.39, 0.29) is 0 Å². The van der Waals surface area contributed by atoms with Gasteiger partial charge in [0.2, 0.25) is 0 Å². The molecule has 2 aromatic heterocycles. The van der Waals surface area contributed by atoms with Gasteiger partial charge in [0.05, 0.1) is 5.69 Å². The number of aryl methyl sites for hydroxylation is 1. The molecule has 4 rings (SSSR count). The number of anilines is 1. The van der Waals surface area contributed by atoms with Gasteiger partial charge < -0.3 is 10.2 Å². The Labute approximate surface area is 150 Å². The summed E-state index contributed by atoms with van der Waals surface area (Å²) in [5, 5.41) is 7.79. The van der Waals surface area contributed by atoms with E-state index < -0.39 is 11.9 Å². The van der Waals surface area contributed by atoms with Crippen LogP contribution in [0.25, 0.3) is 0 Å². The van der Waals surface area contributed by atoms with Gasteiger partial charge in [-0.05, 0) is 42.9 Å². The number of halogens is 3. The molecule has 0 spiro atoms. The fourth-order valence-corrected chi connectivity index (χ4v) is 4.27. The SMILES string of the molecule is Cn1nccc1CNC1CCC2CN(c3cccc(C(F)(F)F)n3)CC21. The van der Waals surface area contributed by atoms with Gasteiger partial charge in [0.25, 0.3) is 0 Å². The van der Waals surface area contributed by atoms with E-state index in [1.165, 1.54) is 6.07 Å². The molecule has 1 saturated carbocycles. The molecule has 140 valence electrons. The van der Waals surface area contributed by atoms with Gasteiger partial charge in [0.15, 0.2) is 0 Å². The Kier molecular flexibility index (Phi) is 4.38. The lowest BCUT2D eigenvalue weighted by atomic mass is 9.98. The second kappa shape index (κ2) is 6.57. The zero-order valence-corrected chi connectivity index (χ0v) is 14.6. The van der Waals surface area contributed by atoms with Crippen LogP contribution >= 0.6 is 0 Å². The Hall–Kier alpha value is -2.09. The van der Waals surface area contributed by atoms with Crippen molar-refractivity contribution in [2.75, 3.05) is 18.0 Å². The molecule has 2 fully saturated rings. The molecule has 26 heavy (non-hydrogen) atoms. The molecule has 2 aromatic rings. The second-order valence-corrected chi connectivity index (χ2v) is 7.22. The van der Waals surface area contributed by atoms with E-state index in [9.17, 15) is 13.2 Å². The standard InChI is InChI=1S/C18H22F3N5/c1-25-13(7-8-23-25)9-22-15-6-5-12-10-26(11-14(12)15)17-4-2-3-16(24-17)18(19,20)21/h2-4,7-8,12,14-15,22H,5-6,9-11H2,1H3. The minimum atomic E-state index is -4.40. The molecule has 1 N–H and O–H groups in total. The molecule has 3 unspecified atom stereocenters. The average Bonchev–Trinajstić information content (AvgIpc) is 3.29. The molecule has 0 radical (unpaired) electrons. The maximum absolute atomic E-state index is 12.9. The first-order valence-electron chi connectivity index (χ1n) is 8.91. The highest BCUT2D eigenvalue weighted by Gasteiger charge is 2.43. The van der Waals surface area contributed by atoms with Crippen molar-refractivity contribution in [3.05, 3.63) is 41.9 Å². The van der Waals surface area contributed by atoms with Gasteiger partial charge in [-0.2, -0.15) is 18.3 Å². The van der Waals surface area contributed by atoms with Gasteiger partial charge in [-0.25, -0.2) is 4.98 Å². The first-order valence-corrected chi connectivity index (χ1v) is 8.91. The largest absolute Gasteiger partial charge is 0.433 e. The predicted octanol–water partition coefficient (Wildman–Crippen LogP) is 2.84. The maximum atomic E-state index is 12.9. The van der Waals surface area contributed by atoms with Gasteiger partial charge >= 0.3 is 6.18 Å². The summed E-state index contributed by atoms with van der Waals surface area (Å²) < 4.78 is 40.6. The Bertz CT molecular complexity index is 772. The lowest BCUT2D eigenvalue weighted by Crippen LogP contribution is -2.36. The highest BCUT2D eigenvalue weighted by atomic mass is 19.4. The van der Waals surface area contributed by atoms with Crippen LogP contribution in [-0.2, 0) is 19.8 Å². The summed E-state index contributed by atoms with van der Waals surface area (Å²) in [5.74, 6) is 1.38. The van der Waals surface area contributed by atoms with Crippen molar-refractivity contribution in [3.8, 4) is 0 Å². The number of nitrogens with one attached hydrogen (secondary N) is 1. The van der Waals surface area contributed by atoms with Gasteiger partial charge in [-0.3, -0.25) is 4.68 Å². The van der Waals surface area contributed by atoms with E-state index in [0.717, 1.165) is 44.2 Å². The number of nitrogens with zero attached hydrogens (tertiary/aromatic N) is 4. The van der Waals surface area contributed by atoms with Crippen LogP contribution in [0.3, 0.4) is 0 Å². The molecular weight excluding hydrogens is 343 g/mol. The number of rotatable bonds is 4. The molecule has 0 amide bonds. The number of fused-ring (bicyclic) bond motifs is 1. The lowest BCUT2D eigenvalue weighted by Gasteiger charge is -2.23. The minimum absolute atomic E-state index is 0.380. The van der Waals surface area contributed by atoms with E-state index in [1.807, 2.05) is 22.7 Å². The fraction of sp³-hybridized carbons (Fsp3) is 0.556. The molecule has 3 heterocycles. The number of alkyl halides is 3. The Balaban J connectivity index is 1.42. The van der Waals surface area contributed by atoms with Crippen molar-refractivity contribution in [2.45, 2.75) is 31.6 Å². The summed E-state index contributed by atoms with van der Waals surface area (Å²) in [5.41, 5.74) is 0.306. The van der Waals surface area contributed by atoms with Crippen LogP contribution in [0.2, 0.25) is 0 Å². The van der Waals surface area contributed by atoms with Crippen molar-refractivity contribution in [1.29, 1.82) is 0 Å². The van der Waals surface area contributed by atoms with Gasteiger partial charge in [-0.15, -0.1) is 0 Å². The summed E-state index contributed by atoms with van der Waals surface area (Å²) >= 11 is 0. The molecule has 8 heteroatoms. The van der Waals surface area contributed by atoms with Crippen LogP contribution in [0, 0.1) is 11.8 Å². The van der Waals surface area contributed by atoms with Gasteiger partial charge in [-0.1, -0.05) is 6.07 Å². The quantitative estimate of drug-likeness (QED) is 0.905. The monoisotopic (exact) mass is 365 g/mol. The van der Waals surface area contributed by atoms with Crippen molar-refractivity contribution >= 4 is 5.82 Å². The number of hydrogen-bond acceptors (Lipinski definition) is 4. The molecule has 1 aliphatic heterocycles. The highest BCUT2D eigenvalue weighted by molar-refractivity contribution is 5.42. The van der Waals surface area contributed by atoms with Crippen LogP contribution in [0.5, 0.6) is 0 Å². The summed E-state index contributed by atoms with van der Waals surface area (Å²) in [7, 11) is 1.92. The lowest BCUT2D eigenvalue weighted by molar-refractivity contribution is -0.141. The van der Waals surface area contributed by atoms with Crippen LogP contribution in [0.4, 0.5) is 19.0 Å². The smallest absolute Gasteiger partial charge is 0.356 e. The van der Waals surface area contributed by atoms with E-state index in [1.54, 1.807) is 12.3 Å². The molecule has 1 saturated heterocycles. The van der Waals surface area contributed by atoms with E-state index >= 15 is 0 Å². The summed E-state index contributed by atoms with van der Waals surface area (Å²) in [6.45, 7) is 2.29. The number of pyridine rings is 1. The van der Waals surface area contributed by atoms with E-state index in [0.29, 0.717) is 23.7 Å². The fourth-order valence-electron chi connectivity index (χ4n) is 4.27. The Morgan fingerprint density at radius 1 is 1.19 bits per heavy atom. The zero-order valence-electron chi connectivity index (χ0n) is 14.6. The van der Waals surface area contributed by atoms with E-state index in [2.05, 4.69) is 15.4 Å². The van der Waals surface area contributed by atoms with Crippen LogP contribution < -0.4 is 10.2 Å². The van der Waals surface area contributed by atoms with Crippen molar-refractivity contribution in [3.63, 3.8) is 0 Å². The van der Waals surface area contributed by atoms with Crippen LogP contribution in [-0.4, -0.2) is 33.9 Å². The Morgan fingerprint density at radius 2 is 2.04 bits per heavy atom. The van der Waals surface area contributed by atoms with Gasteiger partial charge in [0, 0.05) is 38.9 Å². The summed E-state index contributed by atoms with van der Waals surface area (Å²) in [6.07, 6.45) is -0.413. The topological polar surface area (TPSA) is 46.0 Å². The maximum Gasteiger partial charge on any atom is 0.433 e. The first-order chi connectivity index (χ1) is 12.4. The average molecular weight is 365 g/mol. The van der Waals surface area contributed by atoms with Gasteiger partial charge in [0.1, 0.15) is 11.5 Å². The van der Waals surface area contributed by atoms with Crippen LogP contribution in [0.15, 0.2) is 30.5 Å². The molecule has 0 bridgehead atoms. The number of aromatic nitrogens is 3. The molecule has 5 nitrogen and oxygen atoms in total. The summed E-state index contributed by atoms with van der Waals surface area (Å²) in [6, 6.07) is 6.52. The van der Waals surface area contributed by atoms with Crippen molar-refractivity contribution in [1.82, 2.24) is 20.1 Å². The third kappa shape index (κ3) is 3.30. The molecular formula is C18H22F3N5. The normalized spacial score (nSPS) is 25.7. The Morgan fingerprint density at radius 3 is 2.77 bits per heavy atom. The van der Waals surface area contributed by atoms with Crippen molar-refractivity contribution in [2.24, 2.45) is 18.9 Å². The molecule has 1 aliphatic carbocycles. The zero-order chi connectivity index (χ0) is 18.3. The second-order valence-electron chi connectivity index (χ2n) is 7.22. The predicted molar refractivity (Wildman–Crippen MR) is 91.5 cm³/mol. The minimum Gasteiger partial charge on any atom is -0.356 e. The first kappa shape index (κ1) is 17.3. The summed E-state index contributed by atoms with van der Waals surface area (Å²) in [4.78, 5) is 5.85. The third-order valence-electron chi connectivity index (χ3n) is 5.67. The highest BCUT2D eigenvalue weighted by Crippen LogP contribution is 2.40. The molecule has 2 aliphatic rings. The van der Waals surface area contributed by atoms with E-state index in [4.69, 9.17) is 0 Å². The molecule has 0 aromatic carbocycles. The van der Waals surface area contributed by atoms with Crippen LogP contribution in [0.1, 0.15) is 24.2 Å². The van der Waals surface area contributed by atoms with Crippen molar-refractivity contribution < 1.29 is 13.2 Å². The number of hydrogen-bond donors (Lipinski definition) is 1. The third-order valence-corrected chi connectivity index (χ3v) is 5.67. The molecule has 3 atom stereocenters.